The molecule has 2 aromatic carbocycles. The highest BCUT2D eigenvalue weighted by Gasteiger charge is 2.30. The largest absolute Gasteiger partial charge is 0.478 e. The number of aryl methyl sites for hydroxylation is 1. The van der Waals surface area contributed by atoms with Crippen LogP contribution in [0.1, 0.15) is 39.2 Å². The Morgan fingerprint density at radius 1 is 1.14 bits per heavy atom. The minimum absolute atomic E-state index is 0.615. The van der Waals surface area contributed by atoms with E-state index in [-0.39, 0.29) is 0 Å². The van der Waals surface area contributed by atoms with Gasteiger partial charge in [-0.1, -0.05) is 37.3 Å². The average Bonchev–Trinajstić information content (AvgIpc) is 3.12. The van der Waals surface area contributed by atoms with Gasteiger partial charge in [-0.15, -0.1) is 0 Å². The van der Waals surface area contributed by atoms with E-state index in [0.29, 0.717) is 11.8 Å². The maximum absolute atomic E-state index is 11.4. The Kier molecular flexibility index (Phi) is 6.42. The summed E-state index contributed by atoms with van der Waals surface area (Å²) in [6, 6.07) is 16.0. The lowest BCUT2D eigenvalue weighted by Gasteiger charge is -2.24. The number of hydrogen-bond donors (Lipinski definition) is 1. The summed E-state index contributed by atoms with van der Waals surface area (Å²) >= 11 is 0. The van der Waals surface area contributed by atoms with Crippen LogP contribution in [0.25, 0.3) is 11.1 Å². The summed E-state index contributed by atoms with van der Waals surface area (Å²) in [6.45, 7) is 6.89. The number of hydrogen-bond acceptors (Lipinski definition) is 5. The van der Waals surface area contributed by atoms with Crippen LogP contribution in [-0.4, -0.2) is 34.8 Å². The first kappa shape index (κ1) is 20.7. The summed E-state index contributed by atoms with van der Waals surface area (Å²) in [5.41, 5.74) is 1.37. The molecular formula is C23H28N2O4. The van der Waals surface area contributed by atoms with E-state index in [0.717, 1.165) is 49.0 Å². The SMILES string of the molecule is CCCN(CCCc1ccccc1OC(C)(C)C(=O)O)c1nc2ccccc2o1. The smallest absolute Gasteiger partial charge is 0.347 e. The number of ether oxygens (including phenoxy) is 1. The second kappa shape index (κ2) is 8.99. The van der Waals surface area contributed by atoms with Crippen molar-refractivity contribution in [2.45, 2.75) is 45.6 Å². The van der Waals surface area contributed by atoms with Crippen molar-refractivity contribution in [1.29, 1.82) is 0 Å². The van der Waals surface area contributed by atoms with Gasteiger partial charge in [0.25, 0.3) is 6.01 Å². The number of para-hydroxylation sites is 3. The molecule has 0 aliphatic carbocycles. The maximum atomic E-state index is 11.4. The van der Waals surface area contributed by atoms with Crippen LogP contribution in [0.2, 0.25) is 0 Å². The van der Waals surface area contributed by atoms with Crippen LogP contribution in [0, 0.1) is 0 Å². The van der Waals surface area contributed by atoms with Crippen molar-refractivity contribution in [3.8, 4) is 5.75 Å². The van der Waals surface area contributed by atoms with Crippen LogP contribution in [0.5, 0.6) is 5.75 Å². The van der Waals surface area contributed by atoms with Gasteiger partial charge in [0.2, 0.25) is 0 Å². The molecule has 0 saturated heterocycles. The van der Waals surface area contributed by atoms with Crippen molar-refractivity contribution in [3.63, 3.8) is 0 Å². The second-order valence-corrected chi connectivity index (χ2v) is 7.58. The number of rotatable bonds is 10. The fraction of sp³-hybridized carbons (Fsp3) is 0.391. The Bertz CT molecular complexity index is 931. The van der Waals surface area contributed by atoms with Crippen molar-refractivity contribution in [2.24, 2.45) is 0 Å². The van der Waals surface area contributed by atoms with Gasteiger partial charge < -0.3 is 19.2 Å². The Morgan fingerprint density at radius 3 is 2.59 bits per heavy atom. The van der Waals surface area contributed by atoms with Gasteiger partial charge in [-0.3, -0.25) is 0 Å². The first-order valence-electron chi connectivity index (χ1n) is 10.0. The van der Waals surface area contributed by atoms with E-state index in [2.05, 4.69) is 16.8 Å². The highest BCUT2D eigenvalue weighted by Crippen LogP contribution is 2.26. The molecule has 0 unspecified atom stereocenters. The molecule has 0 bridgehead atoms. The van der Waals surface area contributed by atoms with Gasteiger partial charge in [-0.05, 0) is 56.9 Å². The molecule has 0 aliphatic heterocycles. The number of carboxylic acids is 1. The zero-order valence-corrected chi connectivity index (χ0v) is 17.2. The minimum atomic E-state index is -1.28. The Balaban J connectivity index is 1.68. The van der Waals surface area contributed by atoms with E-state index in [1.807, 2.05) is 48.5 Å². The highest BCUT2D eigenvalue weighted by atomic mass is 16.5. The summed E-state index contributed by atoms with van der Waals surface area (Å²) in [6.07, 6.45) is 2.63. The number of carboxylic acid groups (broad SMARTS) is 1. The number of anilines is 1. The average molecular weight is 396 g/mol. The molecule has 0 spiro atoms. The standard InChI is InChI=1S/C23H28N2O4/c1-4-15-25(22-24-18-12-6-8-14-20(18)28-22)16-9-11-17-10-5-7-13-19(17)29-23(2,3)21(26)27/h5-8,10,12-14H,4,9,11,15-16H2,1-3H3,(H,26,27). The number of oxazole rings is 1. The minimum Gasteiger partial charge on any atom is -0.478 e. The van der Waals surface area contributed by atoms with Crippen molar-refractivity contribution in [2.75, 3.05) is 18.0 Å². The van der Waals surface area contributed by atoms with Gasteiger partial charge >= 0.3 is 5.97 Å². The number of carbonyl (C=O) groups is 1. The highest BCUT2D eigenvalue weighted by molar-refractivity contribution is 5.77. The lowest BCUT2D eigenvalue weighted by atomic mass is 10.1. The molecule has 29 heavy (non-hydrogen) atoms. The van der Waals surface area contributed by atoms with E-state index in [9.17, 15) is 9.90 Å². The third-order valence-electron chi connectivity index (χ3n) is 4.77. The number of fused-ring (bicyclic) bond motifs is 1. The van der Waals surface area contributed by atoms with Gasteiger partial charge in [0.1, 0.15) is 11.3 Å². The summed E-state index contributed by atoms with van der Waals surface area (Å²) < 4.78 is 11.7. The van der Waals surface area contributed by atoms with Crippen LogP contribution in [-0.2, 0) is 11.2 Å². The topological polar surface area (TPSA) is 75.8 Å². The molecule has 0 amide bonds. The van der Waals surface area contributed by atoms with Gasteiger partial charge in [-0.25, -0.2) is 4.79 Å². The zero-order valence-electron chi connectivity index (χ0n) is 17.2. The Hall–Kier alpha value is -3.02. The zero-order chi connectivity index (χ0) is 20.9. The van der Waals surface area contributed by atoms with Crippen LogP contribution in [0.3, 0.4) is 0 Å². The van der Waals surface area contributed by atoms with E-state index in [4.69, 9.17) is 9.15 Å². The molecule has 0 saturated carbocycles. The fourth-order valence-corrected chi connectivity index (χ4v) is 3.16. The Morgan fingerprint density at radius 2 is 1.86 bits per heavy atom. The quantitative estimate of drug-likeness (QED) is 0.524. The fourth-order valence-electron chi connectivity index (χ4n) is 3.16. The molecule has 6 heteroatoms. The van der Waals surface area contributed by atoms with Crippen LogP contribution < -0.4 is 9.64 Å². The summed E-state index contributed by atoms with van der Waals surface area (Å²) in [5, 5.41) is 9.34. The Labute approximate surface area is 171 Å². The first-order chi connectivity index (χ1) is 13.9. The number of aromatic nitrogens is 1. The van der Waals surface area contributed by atoms with Gasteiger partial charge in [0, 0.05) is 13.1 Å². The molecule has 0 atom stereocenters. The summed E-state index contributed by atoms with van der Waals surface area (Å²) in [5.74, 6) is -0.374. The predicted molar refractivity (Wildman–Crippen MR) is 114 cm³/mol. The van der Waals surface area contributed by atoms with E-state index in [1.54, 1.807) is 13.8 Å². The molecule has 0 radical (unpaired) electrons. The van der Waals surface area contributed by atoms with Crippen LogP contribution >= 0.6 is 0 Å². The number of aliphatic carboxylic acids is 1. The van der Waals surface area contributed by atoms with Crippen molar-refractivity contribution < 1.29 is 19.1 Å². The molecule has 6 nitrogen and oxygen atoms in total. The first-order valence-corrected chi connectivity index (χ1v) is 10.0. The maximum Gasteiger partial charge on any atom is 0.347 e. The molecule has 3 rings (SSSR count). The van der Waals surface area contributed by atoms with Crippen LogP contribution in [0.4, 0.5) is 6.01 Å². The number of benzene rings is 2. The molecule has 0 fully saturated rings. The van der Waals surface area contributed by atoms with E-state index >= 15 is 0 Å². The molecule has 0 aliphatic rings. The van der Waals surface area contributed by atoms with Gasteiger partial charge in [0.05, 0.1) is 0 Å². The predicted octanol–water partition coefficient (Wildman–Crippen LogP) is 4.92. The summed E-state index contributed by atoms with van der Waals surface area (Å²) in [4.78, 5) is 18.2. The van der Waals surface area contributed by atoms with Gasteiger partial charge in [-0.2, -0.15) is 4.98 Å². The number of nitrogens with zero attached hydrogens (tertiary/aromatic N) is 2. The lowest BCUT2D eigenvalue weighted by molar-refractivity contribution is -0.152. The monoisotopic (exact) mass is 396 g/mol. The molecule has 1 aromatic heterocycles. The lowest BCUT2D eigenvalue weighted by Crippen LogP contribution is -2.38. The van der Waals surface area contributed by atoms with Gasteiger partial charge in [0.15, 0.2) is 11.2 Å². The molecule has 1 N–H and O–H groups in total. The molecule has 154 valence electrons. The summed E-state index contributed by atoms with van der Waals surface area (Å²) in [7, 11) is 0. The van der Waals surface area contributed by atoms with E-state index < -0.39 is 11.6 Å². The third kappa shape index (κ3) is 5.08. The van der Waals surface area contributed by atoms with Crippen molar-refractivity contribution in [1.82, 2.24) is 4.98 Å². The van der Waals surface area contributed by atoms with E-state index in [1.165, 1.54) is 0 Å². The molecule has 3 aromatic rings. The normalized spacial score (nSPS) is 11.6. The molecule has 1 heterocycles. The van der Waals surface area contributed by atoms with Crippen molar-refractivity contribution in [3.05, 3.63) is 54.1 Å². The van der Waals surface area contributed by atoms with Crippen LogP contribution in [0.15, 0.2) is 52.9 Å². The second-order valence-electron chi connectivity index (χ2n) is 7.58. The van der Waals surface area contributed by atoms with Crippen molar-refractivity contribution >= 4 is 23.1 Å². The molecular weight excluding hydrogens is 368 g/mol. The third-order valence-corrected chi connectivity index (χ3v) is 4.77.